The number of hydrogen-bond acceptors (Lipinski definition) is 6. The molecule has 9 heteroatoms. The number of carbonyl (C=O) groups excluding carboxylic acids is 1. The van der Waals surface area contributed by atoms with Gasteiger partial charge in [-0.15, -0.1) is 0 Å². The summed E-state index contributed by atoms with van der Waals surface area (Å²) in [4.78, 5) is 29.5. The quantitative estimate of drug-likeness (QED) is 0.529. The Morgan fingerprint density at radius 1 is 1.10 bits per heavy atom. The molecule has 4 aromatic rings. The molecule has 9 nitrogen and oxygen atoms in total. The number of carbonyl (C=O) groups is 1. The van der Waals surface area contributed by atoms with E-state index in [0.29, 0.717) is 29.1 Å². The number of hydrogen-bond donors (Lipinski definition) is 1. The number of aromatic nitrogens is 4. The third-order valence-electron chi connectivity index (χ3n) is 4.96. The van der Waals surface area contributed by atoms with E-state index in [1.165, 1.54) is 17.1 Å². The van der Waals surface area contributed by atoms with Crippen LogP contribution in [-0.2, 0) is 11.3 Å². The van der Waals surface area contributed by atoms with E-state index in [9.17, 15) is 9.59 Å². The second-order valence-electron chi connectivity index (χ2n) is 7.11. The average Bonchev–Trinajstić information content (AvgIpc) is 3.25. The zero-order valence-electron chi connectivity index (χ0n) is 16.5. The van der Waals surface area contributed by atoms with Crippen LogP contribution in [0.25, 0.3) is 16.7 Å². The third kappa shape index (κ3) is 3.73. The Balaban J connectivity index is 1.26. The van der Waals surface area contributed by atoms with E-state index in [-0.39, 0.29) is 30.7 Å². The molecule has 2 aromatic carbocycles. The van der Waals surface area contributed by atoms with Gasteiger partial charge in [-0.05, 0) is 24.3 Å². The standard InChI is InChI=1S/C22H19N5O4/c28-20(23-10-16-13-30-18-8-4-5-9-19(18)31-16)12-26-14-24-21-17(22(26)29)11-25-27(21)15-6-2-1-3-7-15/h1-9,11,14,16H,10,12-13H2,(H,23,28). The maximum Gasteiger partial charge on any atom is 0.264 e. The van der Waals surface area contributed by atoms with Crippen molar-refractivity contribution in [2.24, 2.45) is 0 Å². The predicted molar refractivity (Wildman–Crippen MR) is 112 cm³/mol. The molecule has 3 heterocycles. The van der Waals surface area contributed by atoms with Gasteiger partial charge < -0.3 is 14.8 Å². The SMILES string of the molecule is O=C(Cn1cnc2c(cnn2-c2ccccc2)c1=O)NCC1COc2ccccc2O1. The Morgan fingerprint density at radius 3 is 2.71 bits per heavy atom. The summed E-state index contributed by atoms with van der Waals surface area (Å²) >= 11 is 0. The summed E-state index contributed by atoms with van der Waals surface area (Å²) < 4.78 is 14.3. The van der Waals surface area contributed by atoms with Crippen LogP contribution in [0.3, 0.4) is 0 Å². The molecule has 0 saturated heterocycles. The van der Waals surface area contributed by atoms with Crippen molar-refractivity contribution in [3.63, 3.8) is 0 Å². The van der Waals surface area contributed by atoms with Crippen LogP contribution in [0.2, 0.25) is 0 Å². The van der Waals surface area contributed by atoms with E-state index in [1.807, 2.05) is 54.6 Å². The molecule has 0 saturated carbocycles. The molecule has 2 aromatic heterocycles. The molecule has 31 heavy (non-hydrogen) atoms. The number of ether oxygens (including phenoxy) is 2. The van der Waals surface area contributed by atoms with E-state index >= 15 is 0 Å². The van der Waals surface area contributed by atoms with Crippen LogP contribution in [0.1, 0.15) is 0 Å². The van der Waals surface area contributed by atoms with Crippen molar-refractivity contribution in [3.05, 3.63) is 77.5 Å². The first-order valence-electron chi connectivity index (χ1n) is 9.83. The second kappa shape index (κ2) is 7.94. The number of benzene rings is 2. The summed E-state index contributed by atoms with van der Waals surface area (Å²) in [5.74, 6) is 1.02. The van der Waals surface area contributed by atoms with Crippen molar-refractivity contribution >= 4 is 16.9 Å². The first kappa shape index (κ1) is 18.9. The van der Waals surface area contributed by atoms with E-state index in [0.717, 1.165) is 5.69 Å². The van der Waals surface area contributed by atoms with E-state index in [4.69, 9.17) is 9.47 Å². The summed E-state index contributed by atoms with van der Waals surface area (Å²) in [6.07, 6.45) is 2.53. The largest absolute Gasteiger partial charge is 0.486 e. The minimum atomic E-state index is -0.325. The lowest BCUT2D eigenvalue weighted by molar-refractivity contribution is -0.122. The summed E-state index contributed by atoms with van der Waals surface area (Å²) in [7, 11) is 0. The molecule has 1 N–H and O–H groups in total. The Kier molecular flexibility index (Phi) is 4.83. The average molecular weight is 417 g/mol. The number of fused-ring (bicyclic) bond motifs is 2. The molecule has 0 fully saturated rings. The highest BCUT2D eigenvalue weighted by molar-refractivity contribution is 5.77. The van der Waals surface area contributed by atoms with Crippen LogP contribution in [0.15, 0.2) is 71.9 Å². The molecule has 0 spiro atoms. The maximum absolute atomic E-state index is 12.8. The van der Waals surface area contributed by atoms with Crippen molar-refractivity contribution in [2.45, 2.75) is 12.6 Å². The summed E-state index contributed by atoms with van der Waals surface area (Å²) in [5.41, 5.74) is 0.920. The van der Waals surface area contributed by atoms with Crippen LogP contribution in [0.4, 0.5) is 0 Å². The minimum absolute atomic E-state index is 0.150. The first-order valence-corrected chi connectivity index (χ1v) is 9.83. The summed E-state index contributed by atoms with van der Waals surface area (Å²) in [5, 5.41) is 7.41. The van der Waals surface area contributed by atoms with Gasteiger partial charge in [0.05, 0.1) is 18.4 Å². The van der Waals surface area contributed by atoms with Crippen LogP contribution in [0.5, 0.6) is 11.5 Å². The van der Waals surface area contributed by atoms with Gasteiger partial charge in [0.15, 0.2) is 17.1 Å². The predicted octanol–water partition coefficient (Wildman–Crippen LogP) is 1.54. The van der Waals surface area contributed by atoms with Gasteiger partial charge in [0, 0.05) is 0 Å². The molecule has 1 atom stereocenters. The Bertz CT molecular complexity index is 1300. The molecule has 1 amide bonds. The van der Waals surface area contributed by atoms with Crippen molar-refractivity contribution < 1.29 is 14.3 Å². The number of nitrogens with zero attached hydrogens (tertiary/aromatic N) is 4. The van der Waals surface area contributed by atoms with Crippen molar-refractivity contribution in [1.29, 1.82) is 0 Å². The monoisotopic (exact) mass is 417 g/mol. The van der Waals surface area contributed by atoms with Crippen molar-refractivity contribution in [1.82, 2.24) is 24.6 Å². The molecule has 1 aliphatic rings. The molecular formula is C22H19N5O4. The number of nitrogens with one attached hydrogen (secondary N) is 1. The van der Waals surface area contributed by atoms with E-state index in [2.05, 4.69) is 15.4 Å². The van der Waals surface area contributed by atoms with E-state index < -0.39 is 0 Å². The van der Waals surface area contributed by atoms with Gasteiger partial charge in [0.1, 0.15) is 31.0 Å². The first-order chi connectivity index (χ1) is 15.2. The van der Waals surface area contributed by atoms with Gasteiger partial charge in [0.25, 0.3) is 5.56 Å². The topological polar surface area (TPSA) is 100 Å². The van der Waals surface area contributed by atoms with Gasteiger partial charge in [-0.25, -0.2) is 9.67 Å². The van der Waals surface area contributed by atoms with Crippen LogP contribution in [0, 0.1) is 0 Å². The fourth-order valence-corrected chi connectivity index (χ4v) is 3.42. The highest BCUT2D eigenvalue weighted by atomic mass is 16.6. The lowest BCUT2D eigenvalue weighted by atomic mass is 10.2. The zero-order chi connectivity index (χ0) is 21.2. The number of rotatable bonds is 5. The van der Waals surface area contributed by atoms with Gasteiger partial charge in [-0.1, -0.05) is 30.3 Å². The Hall–Kier alpha value is -4.14. The molecular weight excluding hydrogens is 398 g/mol. The lowest BCUT2D eigenvalue weighted by Gasteiger charge is -2.26. The maximum atomic E-state index is 12.8. The van der Waals surface area contributed by atoms with Crippen LogP contribution in [-0.4, -0.2) is 44.5 Å². The van der Waals surface area contributed by atoms with Gasteiger partial charge in [0.2, 0.25) is 5.91 Å². The van der Waals surface area contributed by atoms with Crippen molar-refractivity contribution in [3.8, 4) is 17.2 Å². The minimum Gasteiger partial charge on any atom is -0.486 e. The summed E-state index contributed by atoms with van der Waals surface area (Å²) in [6.45, 7) is 0.454. The van der Waals surface area contributed by atoms with Gasteiger partial charge >= 0.3 is 0 Å². The fourth-order valence-electron chi connectivity index (χ4n) is 3.42. The number of amides is 1. The van der Waals surface area contributed by atoms with Crippen LogP contribution >= 0.6 is 0 Å². The normalized spacial score (nSPS) is 15.0. The van der Waals surface area contributed by atoms with Gasteiger partial charge in [-0.2, -0.15) is 5.10 Å². The highest BCUT2D eigenvalue weighted by Crippen LogP contribution is 2.30. The third-order valence-corrected chi connectivity index (χ3v) is 4.96. The second-order valence-corrected chi connectivity index (χ2v) is 7.11. The lowest BCUT2D eigenvalue weighted by Crippen LogP contribution is -2.42. The molecule has 0 radical (unpaired) electrons. The highest BCUT2D eigenvalue weighted by Gasteiger charge is 2.21. The molecule has 0 bridgehead atoms. The molecule has 1 unspecified atom stereocenters. The molecule has 156 valence electrons. The Labute approximate surface area is 176 Å². The smallest absolute Gasteiger partial charge is 0.264 e. The number of para-hydroxylation sites is 3. The van der Waals surface area contributed by atoms with Gasteiger partial charge in [-0.3, -0.25) is 14.2 Å². The molecule has 1 aliphatic heterocycles. The Morgan fingerprint density at radius 2 is 1.87 bits per heavy atom. The van der Waals surface area contributed by atoms with Crippen LogP contribution < -0.4 is 20.3 Å². The van der Waals surface area contributed by atoms with E-state index in [1.54, 1.807) is 4.68 Å². The van der Waals surface area contributed by atoms with Crippen molar-refractivity contribution in [2.75, 3.05) is 13.2 Å². The molecule has 5 rings (SSSR count). The molecule has 0 aliphatic carbocycles. The fraction of sp³-hybridized carbons (Fsp3) is 0.182. The zero-order valence-corrected chi connectivity index (χ0v) is 16.5. The summed E-state index contributed by atoms with van der Waals surface area (Å²) in [6, 6.07) is 16.8.